The van der Waals surface area contributed by atoms with E-state index in [1.54, 1.807) is 0 Å². The molecule has 3 rings (SSSR count). The Hall–Kier alpha value is -1.97. The Morgan fingerprint density at radius 2 is 1.96 bits per heavy atom. The monoisotopic (exact) mass is 421 g/mol. The van der Waals surface area contributed by atoms with Crippen LogP contribution in [0.2, 0.25) is 0 Å². The fraction of sp³-hybridized carbons (Fsp3) is 0.421. The first kappa shape index (κ1) is 20.8. The van der Waals surface area contributed by atoms with Gasteiger partial charge in [0, 0.05) is 11.7 Å². The topological polar surface area (TPSA) is 97.0 Å². The van der Waals surface area contributed by atoms with Gasteiger partial charge in [-0.2, -0.15) is 0 Å². The van der Waals surface area contributed by atoms with Crippen molar-refractivity contribution in [1.29, 1.82) is 0 Å². The van der Waals surface area contributed by atoms with Crippen molar-refractivity contribution in [3.05, 3.63) is 35.9 Å². The lowest BCUT2D eigenvalue weighted by molar-refractivity contribution is 0.165. The Balaban J connectivity index is 1.90. The van der Waals surface area contributed by atoms with Gasteiger partial charge in [0.05, 0.1) is 12.6 Å². The maximum Gasteiger partial charge on any atom is 0.192 e. The number of hydrogen-bond donors (Lipinski definition) is 3. The number of nitrogens with zero attached hydrogens (tertiary/aromatic N) is 3. The van der Waals surface area contributed by atoms with E-state index in [1.165, 1.54) is 36.9 Å². The molecule has 3 aromatic rings. The number of halogens is 1. The van der Waals surface area contributed by atoms with E-state index >= 15 is 0 Å². The van der Waals surface area contributed by atoms with Gasteiger partial charge in [-0.25, -0.2) is 19.3 Å². The van der Waals surface area contributed by atoms with E-state index in [0.29, 0.717) is 26.5 Å². The van der Waals surface area contributed by atoms with Gasteiger partial charge in [0.25, 0.3) is 0 Å². The maximum absolute atomic E-state index is 14.1. The number of aliphatic hydroxyl groups is 1. The summed E-state index contributed by atoms with van der Waals surface area (Å²) in [6, 6.07) is 9.60. The van der Waals surface area contributed by atoms with Crippen LogP contribution in [0.25, 0.3) is 10.3 Å². The first-order chi connectivity index (χ1) is 13.2. The number of thiazole rings is 1. The Kier molecular flexibility index (Phi) is 6.36. The molecule has 0 aliphatic carbocycles. The molecule has 9 heteroatoms. The minimum absolute atomic E-state index is 0.140. The van der Waals surface area contributed by atoms with Gasteiger partial charge in [-0.05, 0) is 26.3 Å². The van der Waals surface area contributed by atoms with E-state index in [0.717, 1.165) is 5.56 Å². The highest BCUT2D eigenvalue weighted by molar-refractivity contribution is 7.99. The number of aromatic nitrogens is 3. The molecule has 2 aromatic heterocycles. The highest BCUT2D eigenvalue weighted by atomic mass is 32.2. The van der Waals surface area contributed by atoms with Gasteiger partial charge in [0.15, 0.2) is 21.8 Å². The maximum atomic E-state index is 14.1. The zero-order chi connectivity index (χ0) is 20.3. The van der Waals surface area contributed by atoms with Crippen LogP contribution >= 0.6 is 23.1 Å². The molecule has 150 valence electrons. The summed E-state index contributed by atoms with van der Waals surface area (Å²) in [5.74, 6) is 0.519. The van der Waals surface area contributed by atoms with Crippen LogP contribution in [-0.4, -0.2) is 38.4 Å². The van der Waals surface area contributed by atoms with Crippen molar-refractivity contribution in [2.24, 2.45) is 0 Å². The summed E-state index contributed by atoms with van der Waals surface area (Å²) in [5.41, 5.74) is 6.11. The summed E-state index contributed by atoms with van der Waals surface area (Å²) in [7, 11) is 0. The van der Waals surface area contributed by atoms with Crippen molar-refractivity contribution >= 4 is 44.4 Å². The molecule has 0 amide bonds. The lowest BCUT2D eigenvalue weighted by Gasteiger charge is -2.23. The van der Waals surface area contributed by atoms with Crippen molar-refractivity contribution in [3.8, 4) is 0 Å². The number of nitrogens with one attached hydrogen (secondary N) is 1. The third-order valence-electron chi connectivity index (χ3n) is 4.09. The minimum Gasteiger partial charge on any atom is -0.394 e. The van der Waals surface area contributed by atoms with Crippen LogP contribution in [0.15, 0.2) is 35.5 Å². The molecule has 4 N–H and O–H groups in total. The molecule has 0 saturated carbocycles. The van der Waals surface area contributed by atoms with Crippen LogP contribution in [0.3, 0.4) is 0 Å². The van der Waals surface area contributed by atoms with Crippen molar-refractivity contribution in [1.82, 2.24) is 15.0 Å². The van der Waals surface area contributed by atoms with Crippen LogP contribution in [0.4, 0.5) is 15.3 Å². The van der Waals surface area contributed by atoms with E-state index in [2.05, 4.69) is 39.3 Å². The quantitative estimate of drug-likeness (QED) is 0.366. The summed E-state index contributed by atoms with van der Waals surface area (Å²) in [6.07, 6.45) is 0.145. The van der Waals surface area contributed by atoms with Gasteiger partial charge in [0.2, 0.25) is 0 Å². The number of hydrogen-bond acceptors (Lipinski definition) is 8. The van der Waals surface area contributed by atoms with Crippen LogP contribution < -0.4 is 11.1 Å². The average Bonchev–Trinajstić information content (AvgIpc) is 3.01. The first-order valence-corrected chi connectivity index (χ1v) is 10.7. The number of anilines is 2. The van der Waals surface area contributed by atoms with Crippen molar-refractivity contribution in [2.45, 2.75) is 49.3 Å². The van der Waals surface area contributed by atoms with Crippen molar-refractivity contribution in [3.63, 3.8) is 0 Å². The van der Waals surface area contributed by atoms with Crippen LogP contribution in [-0.2, 0) is 0 Å². The molecule has 0 aliphatic heterocycles. The normalized spacial score (nSPS) is 14.2. The molecule has 28 heavy (non-hydrogen) atoms. The molecule has 0 aliphatic rings. The molecule has 1 aromatic carbocycles. The number of nitrogen functional groups attached to an aromatic ring is 1. The van der Waals surface area contributed by atoms with Gasteiger partial charge in [0.1, 0.15) is 10.4 Å². The molecule has 0 saturated heterocycles. The Labute approximate surface area is 171 Å². The molecule has 0 fully saturated rings. The zero-order valence-electron chi connectivity index (χ0n) is 16.0. The molecular weight excluding hydrogens is 397 g/mol. The SMILES string of the molecule is C[C@H](Sc1nc(N[C@@H](CO)CC(C)(C)F)c2sc(N)nc2n1)c1ccccc1. The predicted molar refractivity (Wildman–Crippen MR) is 115 cm³/mol. The minimum atomic E-state index is -1.42. The van der Waals surface area contributed by atoms with Gasteiger partial charge in [-0.15, -0.1) is 0 Å². The van der Waals surface area contributed by atoms with E-state index in [1.807, 2.05) is 18.2 Å². The third-order valence-corrected chi connectivity index (χ3v) is 5.99. The second-order valence-electron chi connectivity index (χ2n) is 7.18. The fourth-order valence-electron chi connectivity index (χ4n) is 2.86. The first-order valence-electron chi connectivity index (χ1n) is 8.97. The standard InChI is InChI=1S/C19H24FN5OS2/c1-11(12-7-5-4-6-8-12)27-18-24-15(14-16(25-18)23-17(21)28-14)22-13(10-26)9-19(2,3)20/h4-8,11,13,26H,9-10H2,1-3H3,(H3,21,22,23,24,25)/t11-,13+/m0/s1. The number of nitrogens with two attached hydrogens (primary N) is 1. The summed E-state index contributed by atoms with van der Waals surface area (Å²) in [5, 5.41) is 13.9. The third kappa shape index (κ3) is 5.30. The molecular formula is C19H24FN5OS2. The highest BCUT2D eigenvalue weighted by Crippen LogP contribution is 2.36. The van der Waals surface area contributed by atoms with Crippen molar-refractivity contribution < 1.29 is 9.50 Å². The molecule has 0 radical (unpaired) electrons. The average molecular weight is 422 g/mol. The van der Waals surface area contributed by atoms with E-state index in [9.17, 15) is 9.50 Å². The number of fused-ring (bicyclic) bond motifs is 1. The van der Waals surface area contributed by atoms with Crippen LogP contribution in [0.5, 0.6) is 0 Å². The lowest BCUT2D eigenvalue weighted by atomic mass is 10.0. The van der Waals surface area contributed by atoms with E-state index < -0.39 is 11.7 Å². The van der Waals surface area contributed by atoms with Crippen LogP contribution in [0.1, 0.15) is 38.0 Å². The number of aliphatic hydroxyl groups excluding tert-OH is 1. The van der Waals surface area contributed by atoms with Gasteiger partial charge in [-0.3, -0.25) is 0 Å². The summed E-state index contributed by atoms with van der Waals surface area (Å²) >= 11 is 2.78. The Morgan fingerprint density at radius 1 is 1.25 bits per heavy atom. The summed E-state index contributed by atoms with van der Waals surface area (Å²) < 4.78 is 14.8. The Morgan fingerprint density at radius 3 is 2.61 bits per heavy atom. The molecule has 2 atom stereocenters. The van der Waals surface area contributed by atoms with Gasteiger partial charge >= 0.3 is 0 Å². The van der Waals surface area contributed by atoms with E-state index in [-0.39, 0.29) is 18.3 Å². The summed E-state index contributed by atoms with van der Waals surface area (Å²) in [4.78, 5) is 13.4. The largest absolute Gasteiger partial charge is 0.394 e. The number of alkyl halides is 1. The molecule has 2 heterocycles. The number of rotatable bonds is 8. The second-order valence-corrected chi connectivity index (χ2v) is 9.52. The smallest absolute Gasteiger partial charge is 0.192 e. The van der Waals surface area contributed by atoms with Gasteiger partial charge in [-0.1, -0.05) is 53.4 Å². The number of benzene rings is 1. The van der Waals surface area contributed by atoms with E-state index in [4.69, 9.17) is 5.73 Å². The second kappa shape index (κ2) is 8.59. The fourth-order valence-corrected chi connectivity index (χ4v) is 4.48. The van der Waals surface area contributed by atoms with Gasteiger partial charge < -0.3 is 16.2 Å². The van der Waals surface area contributed by atoms with Crippen molar-refractivity contribution in [2.75, 3.05) is 17.7 Å². The predicted octanol–water partition coefficient (Wildman–Crippen LogP) is 4.43. The summed E-state index contributed by atoms with van der Waals surface area (Å²) in [6.45, 7) is 4.84. The molecule has 0 unspecified atom stereocenters. The molecule has 0 bridgehead atoms. The molecule has 6 nitrogen and oxygen atoms in total. The number of thioether (sulfide) groups is 1. The van der Waals surface area contributed by atoms with Crippen LogP contribution in [0, 0.1) is 0 Å². The molecule has 0 spiro atoms. The zero-order valence-corrected chi connectivity index (χ0v) is 17.6. The highest BCUT2D eigenvalue weighted by Gasteiger charge is 2.24. The Bertz CT molecular complexity index is 929. The lowest BCUT2D eigenvalue weighted by Crippen LogP contribution is -2.31.